The summed E-state index contributed by atoms with van der Waals surface area (Å²) in [5.41, 5.74) is 6.17. The van der Waals surface area contributed by atoms with E-state index < -0.39 is 0 Å². The third-order valence-electron chi connectivity index (χ3n) is 4.40. The van der Waals surface area contributed by atoms with Gasteiger partial charge < -0.3 is 4.74 Å². The van der Waals surface area contributed by atoms with Crippen molar-refractivity contribution in [2.24, 2.45) is 0 Å². The van der Waals surface area contributed by atoms with Crippen molar-refractivity contribution in [2.75, 3.05) is 21.2 Å². The van der Waals surface area contributed by atoms with Crippen molar-refractivity contribution in [2.45, 2.75) is 20.4 Å². The Morgan fingerprint density at radius 1 is 1.08 bits per heavy atom. The van der Waals surface area contributed by atoms with E-state index in [-0.39, 0.29) is 10.6 Å². The number of rotatable bonds is 3. The summed E-state index contributed by atoms with van der Waals surface area (Å²) in [6.07, 6.45) is 1.78. The van der Waals surface area contributed by atoms with Crippen molar-refractivity contribution < 1.29 is 14.0 Å². The topological polar surface area (TPSA) is 43.6 Å². The SMILES string of the molecule is COC(=O)[N+](C)(C)Cc1c(-c2ccc(C)cc2)nc2ccc(C)cn12. The fourth-order valence-corrected chi connectivity index (χ4v) is 2.98. The molecule has 5 nitrogen and oxygen atoms in total. The molecule has 2 aromatic heterocycles. The molecule has 0 aliphatic rings. The highest BCUT2D eigenvalue weighted by Crippen LogP contribution is 2.27. The van der Waals surface area contributed by atoms with E-state index in [0.29, 0.717) is 6.54 Å². The minimum Gasteiger partial charge on any atom is -0.423 e. The van der Waals surface area contributed by atoms with Gasteiger partial charge in [-0.25, -0.2) is 9.47 Å². The van der Waals surface area contributed by atoms with Crippen LogP contribution in [0.4, 0.5) is 4.79 Å². The summed E-state index contributed by atoms with van der Waals surface area (Å²) in [6, 6.07) is 12.4. The highest BCUT2D eigenvalue weighted by Gasteiger charge is 2.31. The number of pyridine rings is 1. The number of methoxy groups -OCH3 is 1. The first-order chi connectivity index (χ1) is 11.8. The number of aromatic nitrogens is 2. The Balaban J connectivity index is 2.19. The largest absolute Gasteiger partial charge is 0.515 e. The smallest absolute Gasteiger partial charge is 0.423 e. The molecular weight excluding hydrogens is 314 g/mol. The molecule has 1 aromatic carbocycles. The van der Waals surface area contributed by atoms with Gasteiger partial charge in [-0.05, 0) is 25.5 Å². The number of nitrogens with zero attached hydrogens (tertiary/aromatic N) is 3. The Kier molecular flexibility index (Phi) is 4.35. The lowest BCUT2D eigenvalue weighted by Crippen LogP contribution is -2.45. The average Bonchev–Trinajstić information content (AvgIpc) is 2.92. The molecule has 0 N–H and O–H groups in total. The highest BCUT2D eigenvalue weighted by molar-refractivity contribution is 5.67. The van der Waals surface area contributed by atoms with E-state index in [1.807, 2.05) is 26.2 Å². The number of carbonyl (C=O) groups excluding carboxylic acids is 1. The number of fused-ring (bicyclic) bond motifs is 1. The standard InChI is InChI=1S/C20H24N3O2/c1-14-6-9-16(10-7-14)19-17(13-23(3,4)20(24)25-5)22-12-15(2)8-11-18(22)21-19/h6-12H,13H2,1-5H3/q+1. The summed E-state index contributed by atoms with van der Waals surface area (Å²) in [6.45, 7) is 4.60. The van der Waals surface area contributed by atoms with Gasteiger partial charge in [0, 0.05) is 11.8 Å². The van der Waals surface area contributed by atoms with E-state index in [4.69, 9.17) is 9.72 Å². The van der Waals surface area contributed by atoms with Crippen LogP contribution in [0.2, 0.25) is 0 Å². The van der Waals surface area contributed by atoms with Crippen LogP contribution in [-0.4, -0.2) is 41.2 Å². The Morgan fingerprint density at radius 3 is 2.36 bits per heavy atom. The molecule has 0 radical (unpaired) electrons. The first-order valence-corrected chi connectivity index (χ1v) is 8.28. The molecule has 2 heterocycles. The number of hydrogen-bond donors (Lipinski definition) is 0. The minimum absolute atomic E-state index is 0.0943. The van der Waals surface area contributed by atoms with Gasteiger partial charge in [-0.1, -0.05) is 35.9 Å². The summed E-state index contributed by atoms with van der Waals surface area (Å²) in [5.74, 6) is 0. The first-order valence-electron chi connectivity index (χ1n) is 8.28. The second kappa shape index (κ2) is 6.33. The van der Waals surface area contributed by atoms with Gasteiger partial charge in [0.05, 0.1) is 26.9 Å². The fraction of sp³-hybridized carbons (Fsp3) is 0.300. The lowest BCUT2D eigenvalue weighted by Gasteiger charge is -2.24. The number of carbonyl (C=O) groups is 1. The number of hydrogen-bond acceptors (Lipinski definition) is 3. The van der Waals surface area contributed by atoms with E-state index in [1.54, 1.807) is 0 Å². The van der Waals surface area contributed by atoms with Gasteiger partial charge in [0.2, 0.25) is 0 Å². The molecular formula is C20H24N3O2+. The molecule has 0 atom stereocenters. The molecule has 0 unspecified atom stereocenters. The van der Waals surface area contributed by atoms with Gasteiger partial charge in [-0.15, -0.1) is 0 Å². The molecule has 1 amide bonds. The molecule has 0 spiro atoms. The predicted octanol–water partition coefficient (Wildman–Crippen LogP) is 3.96. The zero-order chi connectivity index (χ0) is 18.2. The van der Waals surface area contributed by atoms with Crippen molar-refractivity contribution in [3.63, 3.8) is 0 Å². The van der Waals surface area contributed by atoms with Crippen LogP contribution in [0, 0.1) is 13.8 Å². The summed E-state index contributed by atoms with van der Waals surface area (Å²) in [4.78, 5) is 17.0. The normalized spacial score (nSPS) is 11.7. The Morgan fingerprint density at radius 2 is 1.72 bits per heavy atom. The van der Waals surface area contributed by atoms with Gasteiger partial charge in [0.15, 0.2) is 0 Å². The van der Waals surface area contributed by atoms with E-state index >= 15 is 0 Å². The van der Waals surface area contributed by atoms with Crippen LogP contribution in [-0.2, 0) is 11.3 Å². The van der Waals surface area contributed by atoms with Crippen molar-refractivity contribution in [1.82, 2.24) is 9.38 Å². The number of amides is 1. The second-order valence-corrected chi connectivity index (χ2v) is 7.02. The van der Waals surface area contributed by atoms with Crippen LogP contribution >= 0.6 is 0 Å². The van der Waals surface area contributed by atoms with Gasteiger partial charge >= 0.3 is 6.09 Å². The first kappa shape index (κ1) is 17.2. The zero-order valence-corrected chi connectivity index (χ0v) is 15.4. The average molecular weight is 338 g/mol. The fourth-order valence-electron chi connectivity index (χ4n) is 2.98. The number of quaternary nitrogens is 1. The van der Waals surface area contributed by atoms with Crippen LogP contribution < -0.4 is 0 Å². The predicted molar refractivity (Wildman–Crippen MR) is 98.3 cm³/mol. The molecule has 0 bridgehead atoms. The third kappa shape index (κ3) is 3.28. The maximum absolute atomic E-state index is 12.2. The molecule has 0 saturated carbocycles. The number of benzene rings is 1. The van der Waals surface area contributed by atoms with Crippen molar-refractivity contribution in [3.8, 4) is 11.3 Å². The monoisotopic (exact) mass is 338 g/mol. The van der Waals surface area contributed by atoms with Gasteiger partial charge in [-0.2, -0.15) is 4.79 Å². The van der Waals surface area contributed by atoms with Crippen LogP contribution in [0.3, 0.4) is 0 Å². The number of aryl methyl sites for hydroxylation is 2. The van der Waals surface area contributed by atoms with Crippen molar-refractivity contribution in [1.29, 1.82) is 0 Å². The molecule has 0 aliphatic heterocycles. The van der Waals surface area contributed by atoms with E-state index in [0.717, 1.165) is 28.2 Å². The van der Waals surface area contributed by atoms with Crippen molar-refractivity contribution >= 4 is 11.7 Å². The zero-order valence-electron chi connectivity index (χ0n) is 15.4. The quantitative estimate of drug-likeness (QED) is 0.679. The third-order valence-corrected chi connectivity index (χ3v) is 4.40. The van der Waals surface area contributed by atoms with Crippen LogP contribution in [0.25, 0.3) is 16.9 Å². The molecule has 5 heteroatoms. The highest BCUT2D eigenvalue weighted by atomic mass is 16.5. The Hall–Kier alpha value is -2.66. The molecule has 0 fully saturated rings. The second-order valence-electron chi connectivity index (χ2n) is 7.02. The summed E-state index contributed by atoms with van der Waals surface area (Å²) in [5, 5.41) is 0. The van der Waals surface area contributed by atoms with E-state index in [9.17, 15) is 4.79 Å². The maximum atomic E-state index is 12.2. The molecule has 25 heavy (non-hydrogen) atoms. The lowest BCUT2D eigenvalue weighted by molar-refractivity contribution is -0.831. The Bertz CT molecular complexity index is 924. The molecule has 3 rings (SSSR count). The summed E-state index contributed by atoms with van der Waals surface area (Å²) >= 11 is 0. The maximum Gasteiger partial charge on any atom is 0.515 e. The van der Waals surface area contributed by atoms with E-state index in [1.165, 1.54) is 12.7 Å². The van der Waals surface area contributed by atoms with Crippen molar-refractivity contribution in [3.05, 3.63) is 59.4 Å². The lowest BCUT2D eigenvalue weighted by atomic mass is 10.1. The molecule has 0 saturated heterocycles. The molecule has 3 aromatic rings. The van der Waals surface area contributed by atoms with E-state index in [2.05, 4.69) is 48.7 Å². The van der Waals surface area contributed by atoms with Gasteiger partial charge in [-0.3, -0.25) is 4.40 Å². The van der Waals surface area contributed by atoms with Crippen LogP contribution in [0.1, 0.15) is 16.8 Å². The summed E-state index contributed by atoms with van der Waals surface area (Å²) in [7, 11) is 5.11. The van der Waals surface area contributed by atoms with Crippen LogP contribution in [0.15, 0.2) is 42.6 Å². The Labute approximate surface area is 148 Å². The summed E-state index contributed by atoms with van der Waals surface area (Å²) < 4.78 is 7.14. The van der Waals surface area contributed by atoms with Crippen LogP contribution in [0.5, 0.6) is 0 Å². The minimum atomic E-state index is -0.280. The van der Waals surface area contributed by atoms with Gasteiger partial charge in [0.25, 0.3) is 0 Å². The number of imidazole rings is 1. The molecule has 0 aliphatic carbocycles. The van der Waals surface area contributed by atoms with Gasteiger partial charge in [0.1, 0.15) is 17.9 Å². The molecule has 130 valence electrons. The number of ether oxygens (including phenoxy) is 1.